The molecule has 110 valence electrons. The van der Waals surface area contributed by atoms with Crippen molar-refractivity contribution >= 4 is 21.4 Å². The zero-order valence-corrected chi connectivity index (χ0v) is 11.9. The molecule has 0 radical (unpaired) electrons. The van der Waals surface area contributed by atoms with E-state index in [2.05, 4.69) is 5.32 Å². The van der Waals surface area contributed by atoms with Gasteiger partial charge in [-0.25, -0.2) is 12.8 Å². The lowest BCUT2D eigenvalue weighted by Crippen LogP contribution is -2.23. The van der Waals surface area contributed by atoms with Gasteiger partial charge in [-0.1, -0.05) is 0 Å². The number of carbonyl (C=O) groups is 1. The highest BCUT2D eigenvalue weighted by Gasteiger charge is 2.28. The van der Waals surface area contributed by atoms with E-state index in [9.17, 15) is 17.6 Å². The van der Waals surface area contributed by atoms with Crippen LogP contribution in [0, 0.1) is 11.7 Å². The van der Waals surface area contributed by atoms with Gasteiger partial charge in [0.05, 0.1) is 10.6 Å². The Morgan fingerprint density at radius 3 is 2.65 bits per heavy atom. The Kier molecular flexibility index (Phi) is 4.10. The number of halogens is 1. The summed E-state index contributed by atoms with van der Waals surface area (Å²) in [7, 11) is -3.44. The molecule has 1 aromatic carbocycles. The van der Waals surface area contributed by atoms with Crippen molar-refractivity contribution in [2.24, 2.45) is 11.7 Å². The third kappa shape index (κ3) is 3.34. The lowest BCUT2D eigenvalue weighted by molar-refractivity contribution is -0.119. The third-order valence-electron chi connectivity index (χ3n) is 3.47. The molecule has 20 heavy (non-hydrogen) atoms. The molecule has 7 heteroatoms. The Bertz CT molecular complexity index is 631. The third-order valence-corrected chi connectivity index (χ3v) is 4.58. The van der Waals surface area contributed by atoms with E-state index >= 15 is 0 Å². The van der Waals surface area contributed by atoms with E-state index in [1.165, 1.54) is 6.07 Å². The van der Waals surface area contributed by atoms with Gasteiger partial charge in [-0.2, -0.15) is 0 Å². The average Bonchev–Trinajstić information content (AvgIpc) is 2.77. The maximum Gasteiger partial charge on any atom is 0.227 e. The second-order valence-electron chi connectivity index (χ2n) is 5.17. The number of sulfone groups is 1. The summed E-state index contributed by atoms with van der Waals surface area (Å²) < 4.78 is 36.5. The molecule has 0 spiro atoms. The van der Waals surface area contributed by atoms with Crippen molar-refractivity contribution in [2.75, 3.05) is 11.6 Å². The first kappa shape index (κ1) is 14.9. The van der Waals surface area contributed by atoms with Crippen LogP contribution in [0.1, 0.15) is 19.3 Å². The fourth-order valence-electron chi connectivity index (χ4n) is 2.32. The summed E-state index contributed by atoms with van der Waals surface area (Å²) in [6.45, 7) is 0. The van der Waals surface area contributed by atoms with Crippen LogP contribution in [-0.2, 0) is 14.6 Å². The molecule has 0 aromatic heterocycles. The molecule has 0 bridgehead atoms. The van der Waals surface area contributed by atoms with Crippen molar-refractivity contribution < 1.29 is 17.6 Å². The van der Waals surface area contributed by atoms with Crippen LogP contribution in [0.25, 0.3) is 0 Å². The van der Waals surface area contributed by atoms with Gasteiger partial charge in [0, 0.05) is 18.2 Å². The molecule has 0 saturated heterocycles. The van der Waals surface area contributed by atoms with E-state index in [1.54, 1.807) is 0 Å². The largest absolute Gasteiger partial charge is 0.328 e. The lowest BCUT2D eigenvalue weighted by Gasteiger charge is -2.12. The SMILES string of the molecule is CS(=O)(=O)c1ccc(F)c(NC(=O)C2CCC(N)C2)c1. The van der Waals surface area contributed by atoms with Gasteiger partial charge in [0.15, 0.2) is 9.84 Å². The van der Waals surface area contributed by atoms with Gasteiger partial charge >= 0.3 is 0 Å². The van der Waals surface area contributed by atoms with Crippen LogP contribution in [0.5, 0.6) is 0 Å². The van der Waals surface area contributed by atoms with Crippen molar-refractivity contribution in [3.63, 3.8) is 0 Å². The van der Waals surface area contributed by atoms with Crippen LogP contribution in [-0.4, -0.2) is 26.6 Å². The number of hydrogen-bond acceptors (Lipinski definition) is 4. The Hall–Kier alpha value is -1.47. The highest BCUT2D eigenvalue weighted by Crippen LogP contribution is 2.26. The molecule has 1 amide bonds. The van der Waals surface area contributed by atoms with Crippen molar-refractivity contribution in [1.82, 2.24) is 0 Å². The molecule has 0 aliphatic heterocycles. The van der Waals surface area contributed by atoms with E-state index in [4.69, 9.17) is 5.73 Å². The lowest BCUT2D eigenvalue weighted by atomic mass is 10.1. The topological polar surface area (TPSA) is 89.3 Å². The molecule has 2 rings (SSSR count). The Labute approximate surface area is 117 Å². The molecule has 3 N–H and O–H groups in total. The van der Waals surface area contributed by atoms with Crippen molar-refractivity contribution in [1.29, 1.82) is 0 Å². The first-order valence-electron chi connectivity index (χ1n) is 6.33. The summed E-state index contributed by atoms with van der Waals surface area (Å²) in [5, 5.41) is 2.45. The Morgan fingerprint density at radius 2 is 2.10 bits per heavy atom. The molecular weight excluding hydrogens is 283 g/mol. The number of amides is 1. The summed E-state index contributed by atoms with van der Waals surface area (Å²) >= 11 is 0. The van der Waals surface area contributed by atoms with E-state index in [0.717, 1.165) is 24.8 Å². The molecular formula is C13H17FN2O3S. The van der Waals surface area contributed by atoms with Crippen LogP contribution < -0.4 is 11.1 Å². The van der Waals surface area contributed by atoms with E-state index < -0.39 is 15.7 Å². The quantitative estimate of drug-likeness (QED) is 0.823. The second-order valence-corrected chi connectivity index (χ2v) is 7.19. The van der Waals surface area contributed by atoms with Crippen LogP contribution in [0.2, 0.25) is 0 Å². The zero-order valence-electron chi connectivity index (χ0n) is 11.1. The van der Waals surface area contributed by atoms with Crippen molar-refractivity contribution in [2.45, 2.75) is 30.2 Å². The van der Waals surface area contributed by atoms with Gasteiger partial charge in [-0.3, -0.25) is 4.79 Å². The van der Waals surface area contributed by atoms with Crippen LogP contribution >= 0.6 is 0 Å². The molecule has 2 unspecified atom stereocenters. The highest BCUT2D eigenvalue weighted by molar-refractivity contribution is 7.90. The van der Waals surface area contributed by atoms with E-state index in [0.29, 0.717) is 12.8 Å². The van der Waals surface area contributed by atoms with Gasteiger partial charge in [0.2, 0.25) is 5.91 Å². The van der Waals surface area contributed by atoms with E-state index in [-0.39, 0.29) is 28.4 Å². The standard InChI is InChI=1S/C13H17FN2O3S/c1-20(18,19)10-4-5-11(14)12(7-10)16-13(17)8-2-3-9(15)6-8/h4-5,7-9H,2-3,6,15H2,1H3,(H,16,17). The summed E-state index contributed by atoms with van der Waals surface area (Å²) in [6.07, 6.45) is 3.03. The fraction of sp³-hybridized carbons (Fsp3) is 0.462. The number of nitrogens with one attached hydrogen (secondary N) is 1. The zero-order chi connectivity index (χ0) is 14.9. The Morgan fingerprint density at radius 1 is 1.40 bits per heavy atom. The maximum absolute atomic E-state index is 13.6. The first-order valence-corrected chi connectivity index (χ1v) is 8.22. The van der Waals surface area contributed by atoms with Gasteiger partial charge in [-0.05, 0) is 37.5 Å². The molecule has 1 aromatic rings. The fourth-order valence-corrected chi connectivity index (χ4v) is 2.97. The van der Waals surface area contributed by atoms with Gasteiger partial charge in [0.25, 0.3) is 0 Å². The average molecular weight is 300 g/mol. The molecule has 1 fully saturated rings. The van der Waals surface area contributed by atoms with Crippen molar-refractivity contribution in [3.8, 4) is 0 Å². The predicted octanol–water partition coefficient (Wildman–Crippen LogP) is 1.30. The monoisotopic (exact) mass is 300 g/mol. The first-order chi connectivity index (χ1) is 9.27. The summed E-state index contributed by atoms with van der Waals surface area (Å²) in [4.78, 5) is 12.0. The van der Waals surface area contributed by atoms with E-state index in [1.807, 2.05) is 0 Å². The smallest absolute Gasteiger partial charge is 0.227 e. The minimum atomic E-state index is -3.44. The number of rotatable bonds is 3. The predicted molar refractivity (Wildman–Crippen MR) is 73.5 cm³/mol. The number of hydrogen-bond donors (Lipinski definition) is 2. The van der Waals surface area contributed by atoms with Crippen LogP contribution in [0.3, 0.4) is 0 Å². The molecule has 1 aliphatic rings. The molecule has 2 atom stereocenters. The number of carbonyl (C=O) groups excluding carboxylic acids is 1. The summed E-state index contributed by atoms with van der Waals surface area (Å²) in [6, 6.07) is 3.34. The summed E-state index contributed by atoms with van der Waals surface area (Å²) in [5.74, 6) is -1.22. The molecule has 1 saturated carbocycles. The highest BCUT2D eigenvalue weighted by atomic mass is 32.2. The normalized spacial score (nSPS) is 22.8. The second kappa shape index (κ2) is 5.49. The van der Waals surface area contributed by atoms with Crippen LogP contribution in [0.4, 0.5) is 10.1 Å². The summed E-state index contributed by atoms with van der Waals surface area (Å²) in [5.41, 5.74) is 5.62. The van der Waals surface area contributed by atoms with Gasteiger partial charge in [-0.15, -0.1) is 0 Å². The number of anilines is 1. The van der Waals surface area contributed by atoms with Gasteiger partial charge < -0.3 is 11.1 Å². The number of benzene rings is 1. The minimum absolute atomic E-state index is 0.00190. The molecule has 5 nitrogen and oxygen atoms in total. The van der Waals surface area contributed by atoms with Gasteiger partial charge in [0.1, 0.15) is 5.82 Å². The minimum Gasteiger partial charge on any atom is -0.328 e. The molecule has 0 heterocycles. The van der Waals surface area contributed by atoms with Crippen molar-refractivity contribution in [3.05, 3.63) is 24.0 Å². The molecule has 1 aliphatic carbocycles. The maximum atomic E-state index is 13.6. The number of nitrogens with two attached hydrogens (primary N) is 1. The van der Waals surface area contributed by atoms with Crippen LogP contribution in [0.15, 0.2) is 23.1 Å². The Balaban J connectivity index is 2.18.